The number of aliphatic imine (C=N–C) groups is 1. The molecule has 2 N–H and O–H groups in total. The van der Waals surface area contributed by atoms with E-state index in [0.717, 1.165) is 25.7 Å². The number of nitrogens with zero attached hydrogens (tertiary/aromatic N) is 1. The molecule has 0 unspecified atom stereocenters. The molecule has 5 nitrogen and oxygen atoms in total. The maximum absolute atomic E-state index is 12.5. The van der Waals surface area contributed by atoms with Crippen molar-refractivity contribution in [3.63, 3.8) is 0 Å². The highest BCUT2D eigenvalue weighted by Gasteiger charge is 2.34. The van der Waals surface area contributed by atoms with Crippen LogP contribution in [-0.2, 0) is 5.41 Å². The Balaban J connectivity index is 0.00000364. The number of nitrogens with one attached hydrogen (secondary N) is 2. The summed E-state index contributed by atoms with van der Waals surface area (Å²) in [6, 6.07) is 6.03. The van der Waals surface area contributed by atoms with Crippen LogP contribution in [0.25, 0.3) is 0 Å². The lowest BCUT2D eigenvalue weighted by Gasteiger charge is -2.38. The Hall–Kier alpha value is -1.32. The van der Waals surface area contributed by atoms with Gasteiger partial charge in [0.25, 0.3) is 6.43 Å². The molecule has 0 radical (unpaired) electrons. The van der Waals surface area contributed by atoms with Crippen molar-refractivity contribution in [3.05, 3.63) is 23.8 Å². The molecule has 0 spiro atoms. The lowest BCUT2D eigenvalue weighted by Crippen LogP contribution is -2.47. The third-order valence-corrected chi connectivity index (χ3v) is 5.05. The van der Waals surface area contributed by atoms with Crippen LogP contribution in [0.1, 0.15) is 37.7 Å². The molecule has 1 aliphatic rings. The molecule has 0 heterocycles. The van der Waals surface area contributed by atoms with E-state index in [9.17, 15) is 8.78 Å². The third-order valence-electron chi connectivity index (χ3n) is 5.05. The molecule has 1 aromatic carbocycles. The predicted octanol–water partition coefficient (Wildman–Crippen LogP) is 3.95. The molecule has 154 valence electrons. The summed E-state index contributed by atoms with van der Waals surface area (Å²) in [5, 5.41) is 5.90. The van der Waals surface area contributed by atoms with E-state index in [0.29, 0.717) is 24.0 Å². The molecular formula is C19H30F2IN3O2. The molecule has 0 aliphatic heterocycles. The van der Waals surface area contributed by atoms with Crippen molar-refractivity contribution in [3.8, 4) is 11.5 Å². The summed E-state index contributed by atoms with van der Waals surface area (Å²) in [6.45, 7) is 0.217. The molecule has 0 atom stereocenters. The van der Waals surface area contributed by atoms with Gasteiger partial charge in [0.05, 0.1) is 20.8 Å². The van der Waals surface area contributed by atoms with E-state index in [1.165, 1.54) is 12.0 Å². The van der Waals surface area contributed by atoms with Crippen LogP contribution in [0.4, 0.5) is 8.78 Å². The Labute approximate surface area is 177 Å². The van der Waals surface area contributed by atoms with Crippen LogP contribution in [0.3, 0.4) is 0 Å². The van der Waals surface area contributed by atoms with E-state index in [2.05, 4.69) is 21.7 Å². The molecule has 8 heteroatoms. The third kappa shape index (κ3) is 6.36. The maximum Gasteiger partial charge on any atom is 0.255 e. The van der Waals surface area contributed by atoms with Gasteiger partial charge in [0.2, 0.25) is 0 Å². The van der Waals surface area contributed by atoms with Crippen LogP contribution in [0.5, 0.6) is 11.5 Å². The van der Waals surface area contributed by atoms with Crippen LogP contribution >= 0.6 is 24.0 Å². The van der Waals surface area contributed by atoms with Gasteiger partial charge in [-0.25, -0.2) is 8.78 Å². The first-order valence-corrected chi connectivity index (χ1v) is 9.00. The van der Waals surface area contributed by atoms with E-state index in [4.69, 9.17) is 9.47 Å². The molecule has 1 fully saturated rings. The second kappa shape index (κ2) is 11.5. The van der Waals surface area contributed by atoms with Crippen molar-refractivity contribution in [1.29, 1.82) is 0 Å². The number of ether oxygens (including phenoxy) is 2. The molecule has 0 saturated heterocycles. The summed E-state index contributed by atoms with van der Waals surface area (Å²) in [4.78, 5) is 4.05. The van der Waals surface area contributed by atoms with E-state index >= 15 is 0 Å². The highest BCUT2D eigenvalue weighted by atomic mass is 127. The lowest BCUT2D eigenvalue weighted by molar-refractivity contribution is 0.152. The predicted molar refractivity (Wildman–Crippen MR) is 115 cm³/mol. The van der Waals surface area contributed by atoms with Crippen LogP contribution in [0.15, 0.2) is 23.2 Å². The van der Waals surface area contributed by atoms with Crippen molar-refractivity contribution < 1.29 is 18.3 Å². The Morgan fingerprint density at radius 2 is 1.78 bits per heavy atom. The molecule has 0 amide bonds. The van der Waals surface area contributed by atoms with Gasteiger partial charge in [-0.05, 0) is 30.5 Å². The Morgan fingerprint density at radius 3 is 2.33 bits per heavy atom. The Kier molecular flexibility index (Phi) is 10.1. The fourth-order valence-electron chi connectivity index (χ4n) is 3.61. The Bertz CT molecular complexity index is 609. The van der Waals surface area contributed by atoms with E-state index in [-0.39, 0.29) is 29.4 Å². The minimum absolute atomic E-state index is 0. The smallest absolute Gasteiger partial charge is 0.255 e. The number of hydrogen-bond acceptors (Lipinski definition) is 3. The normalized spacial score (nSPS) is 16.4. The zero-order valence-electron chi connectivity index (χ0n) is 16.2. The number of alkyl halides is 2. The second-order valence-electron chi connectivity index (χ2n) is 6.61. The fourth-order valence-corrected chi connectivity index (χ4v) is 3.61. The van der Waals surface area contributed by atoms with Crippen molar-refractivity contribution in [2.45, 2.75) is 43.9 Å². The SMILES string of the molecule is CN=C(NCC(F)F)NCC1(c2ccc(OC)c(OC)c2)CCCCC1.I. The lowest BCUT2D eigenvalue weighted by atomic mass is 9.69. The summed E-state index contributed by atoms with van der Waals surface area (Å²) in [5.74, 6) is 1.80. The monoisotopic (exact) mass is 497 g/mol. The summed E-state index contributed by atoms with van der Waals surface area (Å²) < 4.78 is 35.7. The molecule has 1 saturated carbocycles. The van der Waals surface area contributed by atoms with Gasteiger partial charge in [-0.1, -0.05) is 25.3 Å². The number of methoxy groups -OCH3 is 2. The highest BCUT2D eigenvalue weighted by Crippen LogP contribution is 2.42. The van der Waals surface area contributed by atoms with Gasteiger partial charge in [-0.2, -0.15) is 0 Å². The number of hydrogen-bond donors (Lipinski definition) is 2. The summed E-state index contributed by atoms with van der Waals surface area (Å²) >= 11 is 0. The van der Waals surface area contributed by atoms with Gasteiger partial charge in [0.15, 0.2) is 17.5 Å². The number of benzene rings is 1. The molecular weight excluding hydrogens is 467 g/mol. The first-order valence-electron chi connectivity index (χ1n) is 9.00. The van der Waals surface area contributed by atoms with Crippen LogP contribution < -0.4 is 20.1 Å². The van der Waals surface area contributed by atoms with Crippen LogP contribution in [-0.4, -0.2) is 46.7 Å². The van der Waals surface area contributed by atoms with Gasteiger partial charge in [0.1, 0.15) is 0 Å². The number of guanidine groups is 1. The molecule has 27 heavy (non-hydrogen) atoms. The first-order chi connectivity index (χ1) is 12.5. The second-order valence-corrected chi connectivity index (χ2v) is 6.61. The average molecular weight is 497 g/mol. The first kappa shape index (κ1) is 23.7. The fraction of sp³-hybridized carbons (Fsp3) is 0.632. The standard InChI is InChI=1S/C19H29F2N3O2.HI/c1-22-18(23-12-17(20)21)24-13-19(9-5-4-6-10-19)14-7-8-15(25-2)16(11-14)26-3;/h7-8,11,17H,4-6,9-10,12-13H2,1-3H3,(H2,22,23,24);1H. The largest absolute Gasteiger partial charge is 0.493 e. The van der Waals surface area contributed by atoms with Crippen LogP contribution in [0.2, 0.25) is 0 Å². The minimum Gasteiger partial charge on any atom is -0.493 e. The van der Waals surface area contributed by atoms with Crippen molar-refractivity contribution in [2.24, 2.45) is 4.99 Å². The van der Waals surface area contributed by atoms with Gasteiger partial charge < -0.3 is 20.1 Å². The number of rotatable bonds is 7. The quantitative estimate of drug-likeness (QED) is 0.341. The highest BCUT2D eigenvalue weighted by molar-refractivity contribution is 14.0. The zero-order valence-corrected chi connectivity index (χ0v) is 18.5. The average Bonchev–Trinajstić information content (AvgIpc) is 2.68. The molecule has 0 aromatic heterocycles. The molecule has 1 aromatic rings. The zero-order chi connectivity index (χ0) is 19.0. The number of halogens is 3. The summed E-state index contributed by atoms with van der Waals surface area (Å²) in [5.41, 5.74) is 1.09. The topological polar surface area (TPSA) is 54.9 Å². The minimum atomic E-state index is -2.41. The summed E-state index contributed by atoms with van der Waals surface area (Å²) in [7, 11) is 4.84. The van der Waals surface area contributed by atoms with Gasteiger partial charge in [-0.3, -0.25) is 4.99 Å². The van der Waals surface area contributed by atoms with Crippen molar-refractivity contribution in [1.82, 2.24) is 10.6 Å². The van der Waals surface area contributed by atoms with E-state index in [1.54, 1.807) is 21.3 Å². The van der Waals surface area contributed by atoms with Crippen molar-refractivity contribution in [2.75, 3.05) is 34.4 Å². The van der Waals surface area contributed by atoms with E-state index in [1.807, 2.05) is 12.1 Å². The molecule has 0 bridgehead atoms. The Morgan fingerprint density at radius 1 is 1.11 bits per heavy atom. The van der Waals surface area contributed by atoms with E-state index < -0.39 is 13.0 Å². The van der Waals surface area contributed by atoms with Gasteiger partial charge in [0, 0.05) is 19.0 Å². The van der Waals surface area contributed by atoms with Gasteiger partial charge in [-0.15, -0.1) is 24.0 Å². The van der Waals surface area contributed by atoms with Gasteiger partial charge >= 0.3 is 0 Å². The molecule has 2 rings (SSSR count). The molecule has 1 aliphatic carbocycles. The van der Waals surface area contributed by atoms with Crippen molar-refractivity contribution >= 4 is 29.9 Å². The van der Waals surface area contributed by atoms with Crippen LogP contribution in [0, 0.1) is 0 Å². The maximum atomic E-state index is 12.5. The summed E-state index contributed by atoms with van der Waals surface area (Å²) in [6.07, 6.45) is 3.14.